The van der Waals surface area contributed by atoms with Gasteiger partial charge in [0.05, 0.1) is 18.8 Å². The van der Waals surface area contributed by atoms with Gasteiger partial charge in [0.15, 0.2) is 0 Å². The molecule has 0 aromatic heterocycles. The minimum Gasteiger partial charge on any atom is -0.495 e. The highest BCUT2D eigenvalue weighted by molar-refractivity contribution is 5.99. The summed E-state index contributed by atoms with van der Waals surface area (Å²) in [5, 5.41) is 0. The maximum atomic E-state index is 12.7. The molecule has 7 heteroatoms. The van der Waals surface area contributed by atoms with E-state index in [9.17, 15) is 14.4 Å². The third kappa shape index (κ3) is 4.74. The van der Waals surface area contributed by atoms with E-state index >= 15 is 0 Å². The zero-order valence-electron chi connectivity index (χ0n) is 15.4. The zero-order chi connectivity index (χ0) is 19.1. The Kier molecular flexibility index (Phi) is 7.00. The first-order valence-electron chi connectivity index (χ1n) is 8.99. The second-order valence-corrected chi connectivity index (χ2v) is 6.46. The van der Waals surface area contributed by atoms with Crippen LogP contribution in [0.15, 0.2) is 24.3 Å². The summed E-state index contributed by atoms with van der Waals surface area (Å²) in [6.45, 7) is 2.51. The molecule has 0 saturated carbocycles. The molecule has 2 N–H and O–H groups in total. The van der Waals surface area contributed by atoms with Gasteiger partial charge in [-0.05, 0) is 18.6 Å². The molecule has 1 heterocycles. The minimum absolute atomic E-state index is 0.000242. The summed E-state index contributed by atoms with van der Waals surface area (Å²) in [7, 11) is 1.57. The Labute approximate surface area is 154 Å². The fourth-order valence-corrected chi connectivity index (χ4v) is 3.21. The van der Waals surface area contributed by atoms with Crippen LogP contribution in [0.4, 0.5) is 5.69 Å². The van der Waals surface area contributed by atoms with Gasteiger partial charge < -0.3 is 20.3 Å². The zero-order valence-corrected chi connectivity index (χ0v) is 15.4. The van der Waals surface area contributed by atoms with Gasteiger partial charge in [-0.3, -0.25) is 14.4 Å². The lowest BCUT2D eigenvalue weighted by Gasteiger charge is -2.41. The number of rotatable bonds is 8. The Morgan fingerprint density at radius 3 is 2.65 bits per heavy atom. The lowest BCUT2D eigenvalue weighted by Crippen LogP contribution is -2.58. The third-order valence-electron chi connectivity index (χ3n) is 4.61. The van der Waals surface area contributed by atoms with Crippen molar-refractivity contribution < 1.29 is 19.1 Å². The van der Waals surface area contributed by atoms with Crippen LogP contribution in [-0.2, 0) is 14.4 Å². The van der Waals surface area contributed by atoms with Gasteiger partial charge in [-0.25, -0.2) is 0 Å². The van der Waals surface area contributed by atoms with Crippen LogP contribution < -0.4 is 15.4 Å². The minimum atomic E-state index is -0.512. The summed E-state index contributed by atoms with van der Waals surface area (Å²) in [5.41, 5.74) is 5.86. The van der Waals surface area contributed by atoms with E-state index in [-0.39, 0.29) is 37.2 Å². The summed E-state index contributed by atoms with van der Waals surface area (Å²) in [4.78, 5) is 39.5. The van der Waals surface area contributed by atoms with Crippen molar-refractivity contribution in [2.75, 3.05) is 25.1 Å². The van der Waals surface area contributed by atoms with E-state index in [0.717, 1.165) is 19.3 Å². The number of nitrogens with zero attached hydrogens (tertiary/aromatic N) is 2. The Hall–Kier alpha value is -2.57. The normalized spacial score (nSPS) is 17.3. The summed E-state index contributed by atoms with van der Waals surface area (Å²) in [6, 6.07) is 7.28. The smallest absolute Gasteiger partial charge is 0.246 e. The van der Waals surface area contributed by atoms with E-state index in [0.29, 0.717) is 18.0 Å². The molecule has 3 amide bonds. The molecule has 7 nitrogen and oxygen atoms in total. The molecule has 0 bridgehead atoms. The lowest BCUT2D eigenvalue weighted by molar-refractivity contribution is -0.140. The number of anilines is 1. The van der Waals surface area contributed by atoms with Crippen molar-refractivity contribution >= 4 is 23.4 Å². The number of carbonyl (C=O) groups excluding carboxylic acids is 3. The average Bonchev–Trinajstić information content (AvgIpc) is 2.64. The number of amides is 3. The van der Waals surface area contributed by atoms with Gasteiger partial charge >= 0.3 is 0 Å². The molecule has 2 rings (SSSR count). The number of piperazine rings is 1. The van der Waals surface area contributed by atoms with E-state index < -0.39 is 5.91 Å². The Balaban J connectivity index is 2.21. The van der Waals surface area contributed by atoms with Gasteiger partial charge in [0.1, 0.15) is 12.3 Å². The number of unbranched alkanes of at least 4 members (excludes halogenated alkanes) is 1. The van der Waals surface area contributed by atoms with E-state index in [2.05, 4.69) is 6.92 Å². The van der Waals surface area contributed by atoms with Crippen LogP contribution in [0.2, 0.25) is 0 Å². The van der Waals surface area contributed by atoms with E-state index in [1.54, 1.807) is 16.9 Å². The molecule has 0 radical (unpaired) electrons. The monoisotopic (exact) mass is 361 g/mol. The molecule has 1 aromatic carbocycles. The summed E-state index contributed by atoms with van der Waals surface area (Å²) in [5.74, 6) is -0.237. The largest absolute Gasteiger partial charge is 0.495 e. The van der Waals surface area contributed by atoms with Crippen LogP contribution >= 0.6 is 0 Å². The Morgan fingerprint density at radius 1 is 1.27 bits per heavy atom. The van der Waals surface area contributed by atoms with Gasteiger partial charge in [0.25, 0.3) is 0 Å². The second-order valence-electron chi connectivity index (χ2n) is 6.46. The molecular formula is C19H27N3O4. The quantitative estimate of drug-likeness (QED) is 0.762. The predicted molar refractivity (Wildman–Crippen MR) is 98.8 cm³/mol. The fourth-order valence-electron chi connectivity index (χ4n) is 3.21. The highest BCUT2D eigenvalue weighted by Gasteiger charge is 2.35. The highest BCUT2D eigenvalue weighted by Crippen LogP contribution is 2.31. The number of primary amides is 1. The van der Waals surface area contributed by atoms with Gasteiger partial charge in [-0.15, -0.1) is 0 Å². The molecule has 26 heavy (non-hydrogen) atoms. The van der Waals surface area contributed by atoms with E-state index in [1.807, 2.05) is 24.3 Å². The van der Waals surface area contributed by atoms with Gasteiger partial charge in [-0.2, -0.15) is 0 Å². The van der Waals surface area contributed by atoms with Crippen LogP contribution in [0, 0.1) is 0 Å². The molecule has 1 aliphatic rings. The first-order valence-corrected chi connectivity index (χ1v) is 8.99. The number of benzene rings is 1. The lowest BCUT2D eigenvalue weighted by atomic mass is 10.0. The molecule has 0 unspecified atom stereocenters. The highest BCUT2D eigenvalue weighted by atomic mass is 16.5. The SMILES string of the molecule is CCCC[C@H]1CN(c2ccccc2OC)C(=O)CN1C(=O)CCC(N)=O. The molecule has 0 aliphatic carbocycles. The molecule has 0 spiro atoms. The molecular weight excluding hydrogens is 334 g/mol. The maximum Gasteiger partial charge on any atom is 0.246 e. The van der Waals surface area contributed by atoms with Gasteiger partial charge in [-0.1, -0.05) is 31.9 Å². The topological polar surface area (TPSA) is 92.9 Å². The summed E-state index contributed by atoms with van der Waals surface area (Å²) in [6.07, 6.45) is 2.80. The molecule has 1 fully saturated rings. The fraction of sp³-hybridized carbons (Fsp3) is 0.526. The van der Waals surface area contributed by atoms with Gasteiger partial charge in [0.2, 0.25) is 17.7 Å². The van der Waals surface area contributed by atoms with Crippen LogP contribution in [0.3, 0.4) is 0 Å². The summed E-state index contributed by atoms with van der Waals surface area (Å²) < 4.78 is 5.38. The molecule has 1 aliphatic heterocycles. The number of nitrogens with two attached hydrogens (primary N) is 1. The molecule has 1 saturated heterocycles. The average molecular weight is 361 g/mol. The number of carbonyl (C=O) groups is 3. The number of para-hydroxylation sites is 2. The Bertz CT molecular complexity index is 662. The van der Waals surface area contributed by atoms with Crippen molar-refractivity contribution in [3.8, 4) is 5.75 Å². The third-order valence-corrected chi connectivity index (χ3v) is 4.61. The van der Waals surface area contributed by atoms with Crippen LogP contribution in [-0.4, -0.2) is 48.9 Å². The molecule has 1 atom stereocenters. The van der Waals surface area contributed by atoms with Crippen LogP contribution in [0.25, 0.3) is 0 Å². The number of hydrogen-bond donors (Lipinski definition) is 1. The van der Waals surface area contributed by atoms with Crippen LogP contribution in [0.5, 0.6) is 5.75 Å². The molecule has 1 aromatic rings. The second kappa shape index (κ2) is 9.22. The van der Waals surface area contributed by atoms with Crippen molar-refractivity contribution in [3.63, 3.8) is 0 Å². The maximum absolute atomic E-state index is 12.7. The van der Waals surface area contributed by atoms with Gasteiger partial charge in [0, 0.05) is 19.4 Å². The first kappa shape index (κ1) is 19.8. The van der Waals surface area contributed by atoms with E-state index in [4.69, 9.17) is 10.5 Å². The Morgan fingerprint density at radius 2 is 2.00 bits per heavy atom. The van der Waals surface area contributed by atoms with Crippen molar-refractivity contribution in [1.29, 1.82) is 0 Å². The summed E-state index contributed by atoms with van der Waals surface area (Å²) >= 11 is 0. The van der Waals surface area contributed by atoms with Crippen molar-refractivity contribution in [2.45, 2.75) is 45.1 Å². The predicted octanol–water partition coefficient (Wildman–Crippen LogP) is 1.69. The first-order chi connectivity index (χ1) is 12.5. The van der Waals surface area contributed by atoms with Crippen molar-refractivity contribution in [1.82, 2.24) is 4.90 Å². The van der Waals surface area contributed by atoms with Crippen LogP contribution in [0.1, 0.15) is 39.0 Å². The number of ether oxygens (including phenoxy) is 1. The van der Waals surface area contributed by atoms with Crippen molar-refractivity contribution in [2.24, 2.45) is 5.73 Å². The number of methoxy groups -OCH3 is 1. The van der Waals surface area contributed by atoms with Crippen molar-refractivity contribution in [3.05, 3.63) is 24.3 Å². The molecule has 142 valence electrons. The standard InChI is InChI=1S/C19H27N3O4/c1-3-4-7-14-12-22(15-8-5-6-9-16(15)26-2)19(25)13-21(14)18(24)11-10-17(20)23/h5-6,8-9,14H,3-4,7,10-13H2,1-2H3,(H2,20,23)/t14-/m0/s1. The van der Waals surface area contributed by atoms with E-state index in [1.165, 1.54) is 0 Å². The number of hydrogen-bond acceptors (Lipinski definition) is 4.